The first kappa shape index (κ1) is 13.9. The van der Waals surface area contributed by atoms with Gasteiger partial charge in [-0.15, -0.1) is 11.8 Å². The number of hydrogen-bond donors (Lipinski definition) is 0. The van der Waals surface area contributed by atoms with Crippen LogP contribution in [0.2, 0.25) is 0 Å². The monoisotopic (exact) mass is 280 g/mol. The summed E-state index contributed by atoms with van der Waals surface area (Å²) in [5, 5.41) is 10.5. The van der Waals surface area contributed by atoms with Crippen molar-refractivity contribution in [3.8, 4) is 0 Å². The number of amides is 1. The lowest BCUT2D eigenvalue weighted by atomic mass is 10.1. The summed E-state index contributed by atoms with van der Waals surface area (Å²) in [6.07, 6.45) is 2.13. The molecule has 5 nitrogen and oxygen atoms in total. The maximum atomic E-state index is 11.8. The van der Waals surface area contributed by atoms with Gasteiger partial charge in [0.1, 0.15) is 0 Å². The molecule has 0 spiro atoms. The van der Waals surface area contributed by atoms with Gasteiger partial charge in [-0.1, -0.05) is 12.1 Å². The molecule has 0 unspecified atom stereocenters. The Morgan fingerprint density at radius 2 is 2.11 bits per heavy atom. The Morgan fingerprint density at radius 3 is 2.68 bits per heavy atom. The number of nitro benzene ring substituents is 1. The van der Waals surface area contributed by atoms with Gasteiger partial charge in [0, 0.05) is 30.9 Å². The number of non-ortho nitro benzene ring substituents is 1. The number of carbonyl (C=O) groups excluding carboxylic acids is 1. The van der Waals surface area contributed by atoms with E-state index >= 15 is 0 Å². The molecule has 1 aromatic rings. The molecule has 1 aliphatic rings. The molecule has 1 aromatic carbocycles. The highest BCUT2D eigenvalue weighted by Crippen LogP contribution is 2.16. The molecule has 102 valence electrons. The highest BCUT2D eigenvalue weighted by molar-refractivity contribution is 7.99. The molecule has 19 heavy (non-hydrogen) atoms. The van der Waals surface area contributed by atoms with Crippen LogP contribution in [0.15, 0.2) is 24.3 Å². The summed E-state index contributed by atoms with van der Waals surface area (Å²) in [6.45, 7) is 0.862. The summed E-state index contributed by atoms with van der Waals surface area (Å²) in [4.78, 5) is 23.8. The van der Waals surface area contributed by atoms with Gasteiger partial charge in [0.05, 0.1) is 10.8 Å². The highest BCUT2D eigenvalue weighted by atomic mass is 32.2. The molecule has 6 heteroatoms. The number of rotatable bonds is 5. The Bertz CT molecular complexity index is 455. The van der Waals surface area contributed by atoms with Gasteiger partial charge in [-0.25, -0.2) is 0 Å². The zero-order valence-corrected chi connectivity index (χ0v) is 11.4. The highest BCUT2D eigenvalue weighted by Gasteiger charge is 2.17. The van der Waals surface area contributed by atoms with E-state index in [1.54, 1.807) is 23.9 Å². The molecule has 0 saturated carbocycles. The van der Waals surface area contributed by atoms with Crippen LogP contribution in [-0.2, 0) is 11.2 Å². The molecular weight excluding hydrogens is 264 g/mol. The third kappa shape index (κ3) is 3.96. The van der Waals surface area contributed by atoms with Crippen LogP contribution in [0.4, 0.5) is 5.69 Å². The van der Waals surface area contributed by atoms with Crippen molar-refractivity contribution in [3.63, 3.8) is 0 Å². The van der Waals surface area contributed by atoms with Crippen molar-refractivity contribution in [2.75, 3.05) is 18.2 Å². The van der Waals surface area contributed by atoms with Crippen LogP contribution in [-0.4, -0.2) is 33.9 Å². The quantitative estimate of drug-likeness (QED) is 0.614. The predicted octanol–water partition coefficient (Wildman–Crippen LogP) is 2.45. The Balaban J connectivity index is 1.75. The molecule has 2 rings (SSSR count). The summed E-state index contributed by atoms with van der Waals surface area (Å²) < 4.78 is 0. The molecule has 1 fully saturated rings. The Morgan fingerprint density at radius 1 is 1.37 bits per heavy atom. The molecule has 1 saturated heterocycles. The van der Waals surface area contributed by atoms with Gasteiger partial charge in [0.15, 0.2) is 0 Å². The minimum atomic E-state index is -0.404. The van der Waals surface area contributed by atoms with E-state index in [2.05, 4.69) is 0 Å². The first-order chi connectivity index (χ1) is 9.16. The number of hydrogen-bond acceptors (Lipinski definition) is 4. The molecule has 0 aromatic heterocycles. The van der Waals surface area contributed by atoms with Gasteiger partial charge < -0.3 is 4.90 Å². The SMILES string of the molecule is O=C(CCCc1ccc([N+](=O)[O-])cc1)N1CCSC1. The summed E-state index contributed by atoms with van der Waals surface area (Å²) >= 11 is 1.79. The lowest BCUT2D eigenvalue weighted by Crippen LogP contribution is -2.27. The fourth-order valence-electron chi connectivity index (χ4n) is 2.00. The number of benzene rings is 1. The summed E-state index contributed by atoms with van der Waals surface area (Å²) in [5.74, 6) is 2.07. The second-order valence-corrected chi connectivity index (χ2v) is 5.55. The van der Waals surface area contributed by atoms with E-state index in [9.17, 15) is 14.9 Å². The van der Waals surface area contributed by atoms with Crippen molar-refractivity contribution < 1.29 is 9.72 Å². The van der Waals surface area contributed by atoms with Gasteiger partial charge in [0.2, 0.25) is 5.91 Å². The molecule has 0 N–H and O–H groups in total. The van der Waals surface area contributed by atoms with Crippen LogP contribution in [0, 0.1) is 10.1 Å². The van der Waals surface area contributed by atoms with Crippen molar-refractivity contribution in [1.82, 2.24) is 4.90 Å². The van der Waals surface area contributed by atoms with E-state index < -0.39 is 4.92 Å². The third-order valence-electron chi connectivity index (χ3n) is 3.11. The lowest BCUT2D eigenvalue weighted by molar-refractivity contribution is -0.384. The van der Waals surface area contributed by atoms with E-state index in [1.807, 2.05) is 4.90 Å². The maximum Gasteiger partial charge on any atom is 0.269 e. The maximum absolute atomic E-state index is 11.8. The zero-order chi connectivity index (χ0) is 13.7. The van der Waals surface area contributed by atoms with Crippen LogP contribution in [0.5, 0.6) is 0 Å². The van der Waals surface area contributed by atoms with Gasteiger partial charge in [0.25, 0.3) is 5.69 Å². The topological polar surface area (TPSA) is 63.4 Å². The van der Waals surface area contributed by atoms with Gasteiger partial charge in [-0.3, -0.25) is 14.9 Å². The van der Waals surface area contributed by atoms with Crippen LogP contribution >= 0.6 is 11.8 Å². The molecule has 0 radical (unpaired) electrons. The van der Waals surface area contributed by atoms with Crippen molar-refractivity contribution >= 4 is 23.4 Å². The lowest BCUT2D eigenvalue weighted by Gasteiger charge is -2.13. The van der Waals surface area contributed by atoms with E-state index in [0.29, 0.717) is 6.42 Å². The van der Waals surface area contributed by atoms with Gasteiger partial charge >= 0.3 is 0 Å². The average molecular weight is 280 g/mol. The molecule has 0 aliphatic carbocycles. The molecule has 0 atom stereocenters. The number of thioether (sulfide) groups is 1. The number of nitro groups is 1. The normalized spacial score (nSPS) is 14.6. The number of aryl methyl sites for hydroxylation is 1. The van der Waals surface area contributed by atoms with Crippen LogP contribution in [0.1, 0.15) is 18.4 Å². The minimum absolute atomic E-state index is 0.105. The van der Waals surface area contributed by atoms with Crippen molar-refractivity contribution in [2.45, 2.75) is 19.3 Å². The van der Waals surface area contributed by atoms with Crippen molar-refractivity contribution in [3.05, 3.63) is 39.9 Å². The number of nitrogens with zero attached hydrogens (tertiary/aromatic N) is 2. The van der Waals surface area contributed by atoms with E-state index in [0.717, 1.165) is 36.6 Å². The second-order valence-electron chi connectivity index (χ2n) is 4.47. The molecule has 1 heterocycles. The minimum Gasteiger partial charge on any atom is -0.333 e. The Kier molecular flexibility index (Phi) is 4.79. The second kappa shape index (κ2) is 6.56. The zero-order valence-electron chi connectivity index (χ0n) is 10.6. The van der Waals surface area contributed by atoms with Gasteiger partial charge in [-0.05, 0) is 18.4 Å². The van der Waals surface area contributed by atoms with Crippen molar-refractivity contribution in [2.24, 2.45) is 0 Å². The van der Waals surface area contributed by atoms with E-state index in [1.165, 1.54) is 12.1 Å². The first-order valence-electron chi connectivity index (χ1n) is 6.25. The standard InChI is InChI=1S/C13H16N2O3S/c16-13(14-8-9-19-10-14)3-1-2-11-4-6-12(7-5-11)15(17)18/h4-7H,1-3,8-10H2. The van der Waals surface area contributed by atoms with Gasteiger partial charge in [-0.2, -0.15) is 0 Å². The van der Waals surface area contributed by atoms with Crippen LogP contribution < -0.4 is 0 Å². The Labute approximate surface area is 116 Å². The molecule has 1 aliphatic heterocycles. The smallest absolute Gasteiger partial charge is 0.269 e. The van der Waals surface area contributed by atoms with E-state index in [-0.39, 0.29) is 11.6 Å². The summed E-state index contributed by atoms with van der Waals surface area (Å²) in [6, 6.07) is 6.53. The van der Waals surface area contributed by atoms with Crippen LogP contribution in [0.25, 0.3) is 0 Å². The Hall–Kier alpha value is -1.56. The molecule has 0 bridgehead atoms. The number of carbonyl (C=O) groups is 1. The average Bonchev–Trinajstić information content (AvgIpc) is 2.93. The van der Waals surface area contributed by atoms with Crippen LogP contribution in [0.3, 0.4) is 0 Å². The first-order valence-corrected chi connectivity index (χ1v) is 7.41. The fraction of sp³-hybridized carbons (Fsp3) is 0.462. The predicted molar refractivity (Wildman–Crippen MR) is 75.1 cm³/mol. The van der Waals surface area contributed by atoms with E-state index in [4.69, 9.17) is 0 Å². The summed E-state index contributed by atoms with van der Waals surface area (Å²) in [5.41, 5.74) is 1.14. The summed E-state index contributed by atoms with van der Waals surface area (Å²) in [7, 11) is 0. The fourth-order valence-corrected chi connectivity index (χ4v) is 2.97. The largest absolute Gasteiger partial charge is 0.333 e. The third-order valence-corrected chi connectivity index (χ3v) is 4.07. The molecular formula is C13H16N2O3S. The van der Waals surface area contributed by atoms with Crippen molar-refractivity contribution in [1.29, 1.82) is 0 Å². The molecule has 1 amide bonds.